The predicted octanol–water partition coefficient (Wildman–Crippen LogP) is 3.18. The molecule has 2 heterocycles. The number of carbonyl (C=O) groups is 2. The highest BCUT2D eigenvalue weighted by Crippen LogP contribution is 2.22. The molecule has 7 heteroatoms. The van der Waals surface area contributed by atoms with Crippen LogP contribution >= 0.6 is 0 Å². The lowest BCUT2D eigenvalue weighted by molar-refractivity contribution is 0.0303. The van der Waals surface area contributed by atoms with Crippen molar-refractivity contribution >= 4 is 17.6 Å². The predicted molar refractivity (Wildman–Crippen MR) is 119 cm³/mol. The van der Waals surface area contributed by atoms with Crippen LogP contribution in [0.2, 0.25) is 0 Å². The van der Waals surface area contributed by atoms with E-state index in [0.717, 1.165) is 25.9 Å². The highest BCUT2D eigenvalue weighted by molar-refractivity contribution is 5.95. The van der Waals surface area contributed by atoms with Crippen LogP contribution in [0.25, 0.3) is 0 Å². The summed E-state index contributed by atoms with van der Waals surface area (Å²) in [6.07, 6.45) is 4.75. The van der Waals surface area contributed by atoms with E-state index in [4.69, 9.17) is 4.74 Å². The van der Waals surface area contributed by atoms with E-state index in [0.29, 0.717) is 56.1 Å². The Balaban J connectivity index is 1.51. The van der Waals surface area contributed by atoms with Crippen LogP contribution in [0.15, 0.2) is 24.3 Å². The summed E-state index contributed by atoms with van der Waals surface area (Å²) in [5.74, 6) is 0.599. The number of hydrogen-bond acceptors (Lipinski definition) is 4. The first-order chi connectivity index (χ1) is 14.6. The van der Waals surface area contributed by atoms with Gasteiger partial charge in [0.1, 0.15) is 0 Å². The molecule has 1 atom stereocenters. The van der Waals surface area contributed by atoms with Crippen molar-refractivity contribution in [2.24, 2.45) is 5.92 Å². The molecule has 2 fully saturated rings. The van der Waals surface area contributed by atoms with E-state index in [9.17, 15) is 9.59 Å². The Morgan fingerprint density at radius 1 is 1.00 bits per heavy atom. The largest absolute Gasteiger partial charge is 0.378 e. The van der Waals surface area contributed by atoms with E-state index in [-0.39, 0.29) is 11.9 Å². The van der Waals surface area contributed by atoms with Crippen LogP contribution < -0.4 is 10.6 Å². The molecule has 166 valence electrons. The number of amides is 3. The van der Waals surface area contributed by atoms with Crippen LogP contribution in [-0.2, 0) is 4.74 Å². The van der Waals surface area contributed by atoms with Crippen molar-refractivity contribution in [2.75, 3.05) is 51.3 Å². The second-order valence-electron chi connectivity index (χ2n) is 8.20. The van der Waals surface area contributed by atoms with Gasteiger partial charge in [0.15, 0.2) is 0 Å². The molecule has 3 amide bonds. The van der Waals surface area contributed by atoms with Gasteiger partial charge in [-0.3, -0.25) is 9.69 Å². The van der Waals surface area contributed by atoms with Gasteiger partial charge in [-0.15, -0.1) is 0 Å². The smallest absolute Gasteiger partial charge is 0.319 e. The molecule has 0 aliphatic carbocycles. The molecule has 0 bridgehead atoms. The van der Waals surface area contributed by atoms with Crippen LogP contribution in [0.4, 0.5) is 10.5 Å². The number of hydrogen-bond donors (Lipinski definition) is 2. The number of anilines is 1. The number of urea groups is 1. The van der Waals surface area contributed by atoms with E-state index >= 15 is 0 Å². The van der Waals surface area contributed by atoms with E-state index < -0.39 is 0 Å². The number of benzene rings is 1. The summed E-state index contributed by atoms with van der Waals surface area (Å²) in [6.45, 7) is 9.79. The summed E-state index contributed by atoms with van der Waals surface area (Å²) in [5.41, 5.74) is 1.32. The van der Waals surface area contributed by atoms with Crippen LogP contribution in [0.5, 0.6) is 0 Å². The highest BCUT2D eigenvalue weighted by Gasteiger charge is 2.27. The van der Waals surface area contributed by atoms with Gasteiger partial charge in [-0.2, -0.15) is 0 Å². The molecular formula is C23H36N4O3. The molecule has 2 N–H and O–H groups in total. The summed E-state index contributed by atoms with van der Waals surface area (Å²) < 4.78 is 5.30. The van der Waals surface area contributed by atoms with Crippen molar-refractivity contribution in [3.8, 4) is 0 Å². The second kappa shape index (κ2) is 11.3. The Labute approximate surface area is 180 Å². The van der Waals surface area contributed by atoms with Crippen molar-refractivity contribution in [3.05, 3.63) is 29.8 Å². The SMILES string of the molecule is CCC(CC)[C@H](CNC(=O)Nc1ccc(C(=O)N2CCOCC2)cc1)N1CCCC1. The highest BCUT2D eigenvalue weighted by atomic mass is 16.5. The van der Waals surface area contributed by atoms with Crippen molar-refractivity contribution < 1.29 is 14.3 Å². The topological polar surface area (TPSA) is 73.9 Å². The van der Waals surface area contributed by atoms with Crippen molar-refractivity contribution in [1.29, 1.82) is 0 Å². The first kappa shape index (κ1) is 22.6. The first-order valence-corrected chi connectivity index (χ1v) is 11.4. The van der Waals surface area contributed by atoms with E-state index in [1.54, 1.807) is 29.2 Å². The molecule has 1 aromatic rings. The van der Waals surface area contributed by atoms with Gasteiger partial charge in [0.2, 0.25) is 0 Å². The van der Waals surface area contributed by atoms with Crippen LogP contribution in [0.3, 0.4) is 0 Å². The fourth-order valence-corrected chi connectivity index (χ4v) is 4.52. The molecular weight excluding hydrogens is 380 g/mol. The van der Waals surface area contributed by atoms with E-state index in [1.807, 2.05) is 0 Å². The molecule has 2 aliphatic rings. The molecule has 1 aromatic carbocycles. The number of nitrogens with zero attached hydrogens (tertiary/aromatic N) is 2. The van der Waals surface area contributed by atoms with Gasteiger partial charge in [-0.25, -0.2) is 4.79 Å². The van der Waals surface area contributed by atoms with Gasteiger partial charge in [0, 0.05) is 36.9 Å². The standard InChI is InChI=1S/C23H36N4O3/c1-3-18(4-2)21(26-11-5-6-12-26)17-24-23(29)25-20-9-7-19(8-10-20)22(28)27-13-15-30-16-14-27/h7-10,18,21H,3-6,11-17H2,1-2H3,(H2,24,25,29)/t21-/m0/s1. The minimum absolute atomic E-state index is 0.00734. The number of rotatable bonds is 8. The van der Waals surface area contributed by atoms with E-state index in [1.165, 1.54) is 12.8 Å². The minimum atomic E-state index is -0.197. The van der Waals surface area contributed by atoms with Crippen molar-refractivity contribution in [2.45, 2.75) is 45.6 Å². The maximum atomic E-state index is 12.5. The van der Waals surface area contributed by atoms with Crippen LogP contribution in [-0.4, -0.2) is 73.7 Å². The minimum Gasteiger partial charge on any atom is -0.378 e. The number of morpholine rings is 1. The third-order valence-corrected chi connectivity index (χ3v) is 6.36. The summed E-state index contributed by atoms with van der Waals surface area (Å²) in [4.78, 5) is 29.3. The van der Waals surface area contributed by atoms with Gasteiger partial charge in [-0.1, -0.05) is 26.7 Å². The summed E-state index contributed by atoms with van der Waals surface area (Å²) in [6, 6.07) is 7.30. The zero-order chi connectivity index (χ0) is 21.3. The van der Waals surface area contributed by atoms with Gasteiger partial charge < -0.3 is 20.3 Å². The van der Waals surface area contributed by atoms with Gasteiger partial charge in [0.25, 0.3) is 5.91 Å². The first-order valence-electron chi connectivity index (χ1n) is 11.4. The molecule has 2 aliphatic heterocycles. The Morgan fingerprint density at radius 3 is 2.23 bits per heavy atom. The van der Waals surface area contributed by atoms with Gasteiger partial charge >= 0.3 is 6.03 Å². The molecule has 30 heavy (non-hydrogen) atoms. The molecule has 0 spiro atoms. The lowest BCUT2D eigenvalue weighted by Gasteiger charge is -2.33. The number of carbonyl (C=O) groups excluding carboxylic acids is 2. The fourth-order valence-electron chi connectivity index (χ4n) is 4.52. The normalized spacial score (nSPS) is 18.4. The molecule has 2 saturated heterocycles. The Kier molecular flexibility index (Phi) is 8.51. The van der Waals surface area contributed by atoms with Gasteiger partial charge in [-0.05, 0) is 56.1 Å². The van der Waals surface area contributed by atoms with Crippen molar-refractivity contribution in [3.63, 3.8) is 0 Å². The number of ether oxygens (including phenoxy) is 1. The van der Waals surface area contributed by atoms with Crippen LogP contribution in [0, 0.1) is 5.92 Å². The number of nitrogens with one attached hydrogen (secondary N) is 2. The van der Waals surface area contributed by atoms with E-state index in [2.05, 4.69) is 29.4 Å². The Morgan fingerprint density at radius 2 is 1.63 bits per heavy atom. The molecule has 3 rings (SSSR count). The van der Waals surface area contributed by atoms with Gasteiger partial charge in [0.05, 0.1) is 13.2 Å². The zero-order valence-corrected chi connectivity index (χ0v) is 18.4. The Bertz CT molecular complexity index is 676. The zero-order valence-electron chi connectivity index (χ0n) is 18.4. The third kappa shape index (κ3) is 5.95. The quantitative estimate of drug-likeness (QED) is 0.683. The molecule has 0 aromatic heterocycles. The second-order valence-corrected chi connectivity index (χ2v) is 8.20. The third-order valence-electron chi connectivity index (χ3n) is 6.36. The summed E-state index contributed by atoms with van der Waals surface area (Å²) >= 11 is 0. The lowest BCUT2D eigenvalue weighted by atomic mass is 9.93. The van der Waals surface area contributed by atoms with Crippen molar-refractivity contribution in [1.82, 2.24) is 15.1 Å². The molecule has 0 unspecified atom stereocenters. The maximum absolute atomic E-state index is 12.5. The summed E-state index contributed by atoms with van der Waals surface area (Å²) in [5, 5.41) is 5.96. The average molecular weight is 417 g/mol. The Hall–Kier alpha value is -2.12. The maximum Gasteiger partial charge on any atom is 0.319 e. The molecule has 0 saturated carbocycles. The monoisotopic (exact) mass is 416 g/mol. The average Bonchev–Trinajstić information content (AvgIpc) is 3.32. The fraction of sp³-hybridized carbons (Fsp3) is 0.652. The molecule has 0 radical (unpaired) electrons. The lowest BCUT2D eigenvalue weighted by Crippen LogP contribution is -2.47. The van der Waals surface area contributed by atoms with Crippen LogP contribution in [0.1, 0.15) is 49.9 Å². The molecule has 7 nitrogen and oxygen atoms in total. The summed E-state index contributed by atoms with van der Waals surface area (Å²) in [7, 11) is 0. The number of likely N-dealkylation sites (tertiary alicyclic amines) is 1.